The predicted octanol–water partition coefficient (Wildman–Crippen LogP) is 2.09. The Morgan fingerprint density at radius 1 is 1.53 bits per heavy atom. The number of hydrogen-bond donors (Lipinski definition) is 0. The summed E-state index contributed by atoms with van der Waals surface area (Å²) in [5.41, 5.74) is 0.459. The van der Waals surface area contributed by atoms with Gasteiger partial charge >= 0.3 is 0 Å². The Hall–Kier alpha value is -0.630. The van der Waals surface area contributed by atoms with Crippen LogP contribution in [0.3, 0.4) is 0 Å². The van der Waals surface area contributed by atoms with Crippen LogP contribution >= 0.6 is 0 Å². The van der Waals surface area contributed by atoms with E-state index in [0.717, 1.165) is 18.8 Å². The third kappa shape index (κ3) is 0.840. The third-order valence-electron chi connectivity index (χ3n) is 5.32. The maximum atomic E-state index is 11.5. The molecule has 2 saturated carbocycles. The molecule has 5 rings (SSSR count). The summed E-state index contributed by atoms with van der Waals surface area (Å²) in [6.07, 6.45) is 8.75. The monoisotopic (exact) mass is 204 g/mol. The molecule has 0 aromatic heterocycles. The van der Waals surface area contributed by atoms with Crippen LogP contribution in [0.25, 0.3) is 0 Å². The van der Waals surface area contributed by atoms with Crippen LogP contribution in [0.1, 0.15) is 32.6 Å². The Morgan fingerprint density at radius 2 is 2.40 bits per heavy atom. The maximum Gasteiger partial charge on any atom is 0.155 e. The van der Waals surface area contributed by atoms with Crippen molar-refractivity contribution in [2.45, 2.75) is 44.3 Å². The minimum absolute atomic E-state index is 0.131. The van der Waals surface area contributed by atoms with Crippen LogP contribution in [0, 0.1) is 17.3 Å². The highest BCUT2D eigenvalue weighted by Gasteiger charge is 2.67. The van der Waals surface area contributed by atoms with Gasteiger partial charge in [0, 0.05) is 12.3 Å². The lowest BCUT2D eigenvalue weighted by atomic mass is 9.62. The van der Waals surface area contributed by atoms with Crippen molar-refractivity contribution in [1.82, 2.24) is 0 Å². The van der Waals surface area contributed by atoms with Crippen LogP contribution in [0.5, 0.6) is 0 Å². The Bertz CT molecular complexity index is 386. The first-order valence-corrected chi connectivity index (χ1v) is 6.01. The summed E-state index contributed by atoms with van der Waals surface area (Å²) in [6, 6.07) is 0. The van der Waals surface area contributed by atoms with E-state index < -0.39 is 0 Å². The van der Waals surface area contributed by atoms with Crippen LogP contribution in [0.2, 0.25) is 0 Å². The van der Waals surface area contributed by atoms with E-state index in [1.54, 1.807) is 0 Å². The fourth-order valence-corrected chi connectivity index (χ4v) is 4.72. The summed E-state index contributed by atoms with van der Waals surface area (Å²) in [6.45, 7) is 2.27. The number of hydrogen-bond acceptors (Lipinski definition) is 2. The number of rotatable bonds is 0. The Kier molecular flexibility index (Phi) is 1.26. The predicted molar refractivity (Wildman–Crippen MR) is 55.3 cm³/mol. The lowest BCUT2D eigenvalue weighted by Gasteiger charge is -2.47. The van der Waals surface area contributed by atoms with Crippen molar-refractivity contribution in [3.8, 4) is 0 Å². The summed E-state index contributed by atoms with van der Waals surface area (Å²) >= 11 is 0. The largest absolute Gasteiger partial charge is 0.371 e. The molecule has 0 aromatic carbocycles. The molecule has 0 N–H and O–H groups in total. The smallest absolute Gasteiger partial charge is 0.155 e. The molecule has 2 heteroatoms. The zero-order chi connectivity index (χ0) is 10.3. The number of ketones is 1. The van der Waals surface area contributed by atoms with Crippen molar-refractivity contribution in [1.29, 1.82) is 0 Å². The van der Waals surface area contributed by atoms with Gasteiger partial charge < -0.3 is 4.74 Å². The van der Waals surface area contributed by atoms with Crippen molar-refractivity contribution in [3.05, 3.63) is 12.2 Å². The molecule has 80 valence electrons. The average Bonchev–Trinajstić information content (AvgIpc) is 2.54. The standard InChI is InChI=1S/C13H16O2/c1-12-7-13-3-2-9(14)5-10(13)11(15-12)4-8(12)6-13/h2-3,8,10-11H,4-7H2,1H3/t8-,10+,11+,12+,13+/m1/s1. The molecule has 5 atom stereocenters. The highest BCUT2D eigenvalue weighted by Crippen LogP contribution is 2.68. The van der Waals surface area contributed by atoms with Gasteiger partial charge in [0.2, 0.25) is 0 Å². The second-order valence-corrected chi connectivity index (χ2v) is 6.13. The molecule has 2 saturated heterocycles. The molecule has 2 aliphatic heterocycles. The minimum Gasteiger partial charge on any atom is -0.371 e. The molecule has 0 amide bonds. The summed E-state index contributed by atoms with van der Waals surface area (Å²) in [5, 5.41) is 0. The lowest BCUT2D eigenvalue weighted by molar-refractivity contribution is -0.137. The average molecular weight is 204 g/mol. The van der Waals surface area contributed by atoms with Gasteiger partial charge in [-0.05, 0) is 43.6 Å². The highest BCUT2D eigenvalue weighted by molar-refractivity contribution is 5.91. The molecular weight excluding hydrogens is 188 g/mol. The molecule has 0 aromatic rings. The Morgan fingerprint density at radius 3 is 3.20 bits per heavy atom. The molecule has 4 bridgehead atoms. The normalized spacial score (nSPS) is 60.1. The molecular formula is C13H16O2. The molecule has 4 fully saturated rings. The van der Waals surface area contributed by atoms with Gasteiger partial charge in [0.1, 0.15) is 0 Å². The number of carbonyl (C=O) groups is 1. The van der Waals surface area contributed by atoms with Gasteiger partial charge in [-0.25, -0.2) is 0 Å². The van der Waals surface area contributed by atoms with E-state index in [4.69, 9.17) is 4.74 Å². The molecule has 0 radical (unpaired) electrons. The van der Waals surface area contributed by atoms with Crippen LogP contribution in [-0.4, -0.2) is 17.5 Å². The minimum atomic E-state index is 0.131. The van der Waals surface area contributed by atoms with Gasteiger partial charge in [-0.2, -0.15) is 0 Å². The SMILES string of the molecule is C[C@]12C[C@@]34C=CC(=O)C[C@H]3[C@H](C[C@@H]1C4)O2. The molecule has 2 nitrogen and oxygen atoms in total. The van der Waals surface area contributed by atoms with Gasteiger partial charge in [-0.1, -0.05) is 6.08 Å². The highest BCUT2D eigenvalue weighted by atomic mass is 16.5. The molecule has 2 heterocycles. The van der Waals surface area contributed by atoms with E-state index in [1.165, 1.54) is 12.8 Å². The van der Waals surface area contributed by atoms with Crippen LogP contribution in [0.15, 0.2) is 12.2 Å². The van der Waals surface area contributed by atoms with Crippen molar-refractivity contribution in [3.63, 3.8) is 0 Å². The van der Waals surface area contributed by atoms with Crippen LogP contribution < -0.4 is 0 Å². The fourth-order valence-electron chi connectivity index (χ4n) is 4.72. The number of ether oxygens (including phenoxy) is 1. The van der Waals surface area contributed by atoms with Crippen LogP contribution in [0.4, 0.5) is 0 Å². The summed E-state index contributed by atoms with van der Waals surface area (Å²) < 4.78 is 6.17. The lowest BCUT2D eigenvalue weighted by Crippen LogP contribution is -2.46. The van der Waals surface area contributed by atoms with E-state index >= 15 is 0 Å². The zero-order valence-corrected chi connectivity index (χ0v) is 9.03. The quantitative estimate of drug-likeness (QED) is 0.604. The van der Waals surface area contributed by atoms with Crippen molar-refractivity contribution in [2.24, 2.45) is 17.3 Å². The van der Waals surface area contributed by atoms with Gasteiger partial charge in [0.05, 0.1) is 11.7 Å². The molecule has 0 unspecified atom stereocenters. The zero-order valence-electron chi connectivity index (χ0n) is 9.03. The van der Waals surface area contributed by atoms with Gasteiger partial charge in [0.25, 0.3) is 0 Å². The summed E-state index contributed by atoms with van der Waals surface area (Å²) in [4.78, 5) is 11.5. The van der Waals surface area contributed by atoms with Crippen molar-refractivity contribution >= 4 is 5.78 Å². The molecule has 5 aliphatic rings. The number of allylic oxidation sites excluding steroid dienone is 2. The van der Waals surface area contributed by atoms with Crippen LogP contribution in [-0.2, 0) is 9.53 Å². The van der Waals surface area contributed by atoms with Crippen molar-refractivity contribution < 1.29 is 9.53 Å². The molecule has 15 heavy (non-hydrogen) atoms. The maximum absolute atomic E-state index is 11.5. The fraction of sp³-hybridized carbons (Fsp3) is 0.769. The molecule has 1 spiro atoms. The van der Waals surface area contributed by atoms with Gasteiger partial charge in [0.15, 0.2) is 5.78 Å². The van der Waals surface area contributed by atoms with Gasteiger partial charge in [-0.3, -0.25) is 4.79 Å². The topological polar surface area (TPSA) is 26.3 Å². The van der Waals surface area contributed by atoms with E-state index in [1.807, 2.05) is 6.08 Å². The molecule has 3 aliphatic carbocycles. The Balaban J connectivity index is 1.86. The first kappa shape index (κ1) is 8.51. The Labute approximate surface area is 89.7 Å². The van der Waals surface area contributed by atoms with Gasteiger partial charge in [-0.15, -0.1) is 0 Å². The second-order valence-electron chi connectivity index (χ2n) is 6.13. The first-order chi connectivity index (χ1) is 7.11. The van der Waals surface area contributed by atoms with E-state index in [-0.39, 0.29) is 5.60 Å². The van der Waals surface area contributed by atoms with E-state index in [9.17, 15) is 4.79 Å². The number of carbonyl (C=O) groups excluding carboxylic acids is 1. The third-order valence-corrected chi connectivity index (χ3v) is 5.32. The summed E-state index contributed by atoms with van der Waals surface area (Å²) in [5.74, 6) is 1.53. The van der Waals surface area contributed by atoms with Crippen molar-refractivity contribution in [2.75, 3.05) is 0 Å². The van der Waals surface area contributed by atoms with E-state index in [2.05, 4.69) is 13.0 Å². The summed E-state index contributed by atoms with van der Waals surface area (Å²) in [7, 11) is 0. The van der Waals surface area contributed by atoms with E-state index in [0.29, 0.717) is 23.2 Å². The first-order valence-electron chi connectivity index (χ1n) is 6.01. The second kappa shape index (κ2) is 2.22.